The van der Waals surface area contributed by atoms with Crippen molar-refractivity contribution in [2.24, 2.45) is 0 Å². The molecule has 0 spiro atoms. The van der Waals surface area contributed by atoms with Gasteiger partial charge in [-0.1, -0.05) is 12.1 Å². The van der Waals surface area contributed by atoms with E-state index in [1.807, 2.05) is 18.2 Å². The van der Waals surface area contributed by atoms with Crippen molar-refractivity contribution < 1.29 is 14.6 Å². The van der Waals surface area contributed by atoms with Crippen molar-refractivity contribution >= 4 is 22.9 Å². The number of carboxylic acids is 1. The van der Waals surface area contributed by atoms with Crippen molar-refractivity contribution in [2.45, 2.75) is 6.61 Å². The van der Waals surface area contributed by atoms with Crippen LogP contribution in [0.1, 0.15) is 11.1 Å². The molecule has 84 valence electrons. The Bertz CT molecular complexity index is 649. The maximum atomic E-state index is 10.8. The summed E-state index contributed by atoms with van der Waals surface area (Å²) >= 11 is 0. The first-order valence-corrected chi connectivity index (χ1v) is 5.07. The number of aliphatic carboxylic acids is 1. The van der Waals surface area contributed by atoms with Gasteiger partial charge in [-0.2, -0.15) is 10.2 Å². The summed E-state index contributed by atoms with van der Waals surface area (Å²) in [5, 5.41) is 17.7. The molecule has 1 aromatic carbocycles. The fraction of sp³-hybridized carbons (Fsp3) is 0.0833. The lowest BCUT2D eigenvalue weighted by Crippen LogP contribution is -2.10. The molecular weight excluding hydrogens is 220 g/mol. The van der Waals surface area contributed by atoms with E-state index in [-0.39, 0.29) is 12.4 Å². The molecule has 0 fully saturated rings. The zero-order valence-corrected chi connectivity index (χ0v) is 8.75. The second-order valence-corrected chi connectivity index (χ2v) is 3.70. The van der Waals surface area contributed by atoms with Crippen LogP contribution < -0.4 is 0 Å². The van der Waals surface area contributed by atoms with Gasteiger partial charge < -0.3 is 9.84 Å². The summed E-state index contributed by atoms with van der Waals surface area (Å²) in [6.07, 6.45) is 3.13. The van der Waals surface area contributed by atoms with Crippen molar-refractivity contribution in [3.63, 3.8) is 0 Å². The van der Waals surface area contributed by atoms with Crippen LogP contribution in [-0.2, 0) is 16.1 Å². The van der Waals surface area contributed by atoms with Crippen LogP contribution in [0, 0.1) is 0 Å². The molecule has 0 saturated carbocycles. The molecule has 0 saturated heterocycles. The number of carbonyl (C=O) groups is 1. The zero-order chi connectivity index (χ0) is 11.8. The number of ether oxygens (including phenoxy) is 1. The highest BCUT2D eigenvalue weighted by Crippen LogP contribution is 2.27. The Morgan fingerprint density at radius 2 is 2.24 bits per heavy atom. The first-order chi connectivity index (χ1) is 8.25. The molecule has 5 heteroatoms. The molecule has 5 nitrogen and oxygen atoms in total. The van der Waals surface area contributed by atoms with Crippen molar-refractivity contribution in [3.05, 3.63) is 41.3 Å². The fourth-order valence-corrected chi connectivity index (χ4v) is 1.87. The van der Waals surface area contributed by atoms with Crippen LogP contribution in [0.5, 0.6) is 0 Å². The van der Waals surface area contributed by atoms with E-state index in [1.165, 1.54) is 6.08 Å². The van der Waals surface area contributed by atoms with Gasteiger partial charge in [-0.05, 0) is 17.7 Å². The largest absolute Gasteiger partial charge is 0.482 e. The van der Waals surface area contributed by atoms with Crippen LogP contribution in [0.3, 0.4) is 0 Å². The molecule has 1 aromatic heterocycles. The number of benzene rings is 1. The Kier molecular flexibility index (Phi) is 2.04. The smallest absolute Gasteiger partial charge is 0.371 e. The molecule has 0 bridgehead atoms. The highest BCUT2D eigenvalue weighted by atomic mass is 16.5. The van der Waals surface area contributed by atoms with Crippen LogP contribution in [0.4, 0.5) is 0 Å². The predicted molar refractivity (Wildman–Crippen MR) is 59.9 cm³/mol. The second-order valence-electron chi connectivity index (χ2n) is 3.70. The van der Waals surface area contributed by atoms with Crippen molar-refractivity contribution in [2.75, 3.05) is 0 Å². The van der Waals surface area contributed by atoms with Gasteiger partial charge in [-0.3, -0.25) is 0 Å². The third-order valence-corrected chi connectivity index (χ3v) is 2.70. The van der Waals surface area contributed by atoms with Gasteiger partial charge in [0.05, 0.1) is 6.20 Å². The van der Waals surface area contributed by atoms with E-state index >= 15 is 0 Å². The maximum absolute atomic E-state index is 10.8. The molecule has 17 heavy (non-hydrogen) atoms. The number of nitrogens with zero attached hydrogens (tertiary/aromatic N) is 2. The van der Waals surface area contributed by atoms with E-state index in [0.29, 0.717) is 0 Å². The molecule has 3 rings (SSSR count). The van der Waals surface area contributed by atoms with Gasteiger partial charge in [0.25, 0.3) is 0 Å². The van der Waals surface area contributed by atoms with Crippen LogP contribution in [-0.4, -0.2) is 21.3 Å². The first kappa shape index (κ1) is 9.77. The summed E-state index contributed by atoms with van der Waals surface area (Å²) in [4.78, 5) is 10.8. The molecule has 0 aliphatic carbocycles. The Labute approximate surface area is 96.4 Å². The number of fused-ring (bicyclic) bond motifs is 3. The molecule has 2 aromatic rings. The lowest BCUT2D eigenvalue weighted by Gasteiger charge is -2.16. The monoisotopic (exact) mass is 228 g/mol. The van der Waals surface area contributed by atoms with Gasteiger partial charge in [0.15, 0.2) is 0 Å². The highest BCUT2D eigenvalue weighted by Gasteiger charge is 2.18. The number of rotatable bonds is 1. The number of aromatic nitrogens is 2. The third-order valence-electron chi connectivity index (χ3n) is 2.70. The van der Waals surface area contributed by atoms with E-state index in [2.05, 4.69) is 10.2 Å². The van der Waals surface area contributed by atoms with Crippen LogP contribution in [0.25, 0.3) is 17.0 Å². The quantitative estimate of drug-likeness (QED) is 0.802. The average Bonchev–Trinajstić information content (AvgIpc) is 2.38. The van der Waals surface area contributed by atoms with Gasteiger partial charge in [0.1, 0.15) is 12.1 Å². The molecule has 0 amide bonds. The standard InChI is InChI=1S/C12H8N2O3/c15-12(16)10-5-8-2-1-7-3-4-13-14-11(7)9(8)6-17-10/h1-5H,6H2,(H,15,16). The van der Waals surface area contributed by atoms with Crippen molar-refractivity contribution in [3.8, 4) is 0 Å². The van der Waals surface area contributed by atoms with Gasteiger partial charge >= 0.3 is 5.97 Å². The van der Waals surface area contributed by atoms with E-state index in [1.54, 1.807) is 6.20 Å². The Balaban J connectivity index is 2.24. The minimum Gasteiger partial charge on any atom is -0.482 e. The third kappa shape index (κ3) is 1.52. The van der Waals surface area contributed by atoms with Gasteiger partial charge in [-0.25, -0.2) is 4.79 Å². The molecular formula is C12H8N2O3. The topological polar surface area (TPSA) is 72.3 Å². The summed E-state index contributed by atoms with van der Waals surface area (Å²) in [7, 11) is 0. The molecule has 1 N–H and O–H groups in total. The lowest BCUT2D eigenvalue weighted by molar-refractivity contribution is -0.136. The lowest BCUT2D eigenvalue weighted by atomic mass is 10.0. The van der Waals surface area contributed by atoms with Gasteiger partial charge in [0.2, 0.25) is 5.76 Å². The SMILES string of the molecule is O=C(O)C1=Cc2ccc3ccnnc3c2CO1. The zero-order valence-electron chi connectivity index (χ0n) is 8.75. The summed E-state index contributed by atoms with van der Waals surface area (Å²) in [5.74, 6) is -1.10. The minimum absolute atomic E-state index is 0.0410. The first-order valence-electron chi connectivity index (χ1n) is 5.07. The van der Waals surface area contributed by atoms with Crippen molar-refractivity contribution in [1.29, 1.82) is 0 Å². The maximum Gasteiger partial charge on any atom is 0.371 e. The number of carboxylic acid groups (broad SMARTS) is 1. The van der Waals surface area contributed by atoms with E-state index in [9.17, 15) is 4.79 Å². The summed E-state index contributed by atoms with van der Waals surface area (Å²) < 4.78 is 5.17. The van der Waals surface area contributed by atoms with Crippen LogP contribution in [0.2, 0.25) is 0 Å². The Morgan fingerprint density at radius 1 is 1.35 bits per heavy atom. The predicted octanol–water partition coefficient (Wildman–Crippen LogP) is 1.59. The molecule has 1 aliphatic rings. The number of hydrogen-bond acceptors (Lipinski definition) is 4. The summed E-state index contributed by atoms with van der Waals surface area (Å²) in [6, 6.07) is 5.62. The molecule has 0 unspecified atom stereocenters. The second kappa shape index (κ2) is 3.55. The molecule has 1 aliphatic heterocycles. The summed E-state index contributed by atoms with van der Waals surface area (Å²) in [5.41, 5.74) is 2.45. The van der Waals surface area contributed by atoms with Gasteiger partial charge in [-0.15, -0.1) is 0 Å². The normalized spacial score (nSPS) is 13.8. The number of hydrogen-bond donors (Lipinski definition) is 1. The molecule has 0 radical (unpaired) electrons. The van der Waals surface area contributed by atoms with E-state index in [4.69, 9.17) is 9.84 Å². The fourth-order valence-electron chi connectivity index (χ4n) is 1.87. The van der Waals surface area contributed by atoms with E-state index in [0.717, 1.165) is 22.0 Å². The Hall–Kier alpha value is -2.43. The molecule has 0 atom stereocenters. The van der Waals surface area contributed by atoms with Crippen molar-refractivity contribution in [1.82, 2.24) is 10.2 Å². The average molecular weight is 228 g/mol. The van der Waals surface area contributed by atoms with Crippen LogP contribution >= 0.6 is 0 Å². The van der Waals surface area contributed by atoms with Crippen LogP contribution in [0.15, 0.2) is 30.2 Å². The van der Waals surface area contributed by atoms with E-state index < -0.39 is 5.97 Å². The Morgan fingerprint density at radius 3 is 3.06 bits per heavy atom. The minimum atomic E-state index is -1.06. The summed E-state index contributed by atoms with van der Waals surface area (Å²) in [6.45, 7) is 0.212. The highest BCUT2D eigenvalue weighted by molar-refractivity contribution is 5.93. The van der Waals surface area contributed by atoms with Gasteiger partial charge in [0, 0.05) is 10.9 Å². The molecule has 2 heterocycles.